The molecule has 0 spiro atoms. The lowest BCUT2D eigenvalue weighted by Gasteiger charge is -2.31. The SMILES string of the molecule is CCN(CC)CCNC(=O)C1CSC(c2ccc(Cl)cc2)N1C(=O)OC(C)(C)C. The molecule has 1 saturated heterocycles. The summed E-state index contributed by atoms with van der Waals surface area (Å²) in [6.45, 7) is 12.9. The number of amides is 2. The number of carbonyl (C=O) groups is 2. The maximum atomic E-state index is 13.0. The molecule has 0 radical (unpaired) electrons. The summed E-state index contributed by atoms with van der Waals surface area (Å²) in [5, 5.41) is 3.33. The second-order valence-electron chi connectivity index (χ2n) is 7.96. The van der Waals surface area contributed by atoms with Crippen LogP contribution in [-0.2, 0) is 9.53 Å². The van der Waals surface area contributed by atoms with Crippen LogP contribution in [0.2, 0.25) is 5.02 Å². The first-order chi connectivity index (χ1) is 13.7. The van der Waals surface area contributed by atoms with Gasteiger partial charge in [-0.1, -0.05) is 37.6 Å². The van der Waals surface area contributed by atoms with Crippen LogP contribution in [0.1, 0.15) is 45.6 Å². The number of carbonyl (C=O) groups excluding carboxylic acids is 2. The van der Waals surface area contributed by atoms with Gasteiger partial charge < -0.3 is 15.0 Å². The molecule has 1 N–H and O–H groups in total. The molecule has 1 aromatic carbocycles. The molecule has 0 saturated carbocycles. The largest absolute Gasteiger partial charge is 0.444 e. The normalized spacial score (nSPS) is 19.5. The Morgan fingerprint density at radius 2 is 1.86 bits per heavy atom. The van der Waals surface area contributed by atoms with Crippen LogP contribution in [-0.4, -0.2) is 65.4 Å². The van der Waals surface area contributed by atoms with Gasteiger partial charge in [-0.3, -0.25) is 9.69 Å². The topological polar surface area (TPSA) is 61.9 Å². The Morgan fingerprint density at radius 3 is 2.41 bits per heavy atom. The fourth-order valence-corrected chi connectivity index (χ4v) is 4.67. The van der Waals surface area contributed by atoms with Gasteiger partial charge in [0.2, 0.25) is 5.91 Å². The average Bonchev–Trinajstić information content (AvgIpc) is 3.09. The van der Waals surface area contributed by atoms with Gasteiger partial charge in [-0.05, 0) is 51.6 Å². The van der Waals surface area contributed by atoms with E-state index in [9.17, 15) is 9.59 Å². The number of hydrogen-bond donors (Lipinski definition) is 1. The third-order valence-corrected chi connectivity index (χ3v) is 6.26. The van der Waals surface area contributed by atoms with Crippen molar-refractivity contribution >= 4 is 35.4 Å². The van der Waals surface area contributed by atoms with E-state index < -0.39 is 17.7 Å². The van der Waals surface area contributed by atoms with E-state index in [-0.39, 0.29) is 11.3 Å². The van der Waals surface area contributed by atoms with Crippen molar-refractivity contribution in [1.29, 1.82) is 0 Å². The Hall–Kier alpha value is -1.44. The molecule has 6 nitrogen and oxygen atoms in total. The van der Waals surface area contributed by atoms with E-state index in [0.717, 1.165) is 25.2 Å². The zero-order valence-corrected chi connectivity index (χ0v) is 19.5. The fourth-order valence-electron chi connectivity index (χ4n) is 3.13. The predicted molar refractivity (Wildman–Crippen MR) is 119 cm³/mol. The first kappa shape index (κ1) is 23.8. The lowest BCUT2D eigenvalue weighted by atomic mass is 10.1. The van der Waals surface area contributed by atoms with Crippen LogP contribution in [0.5, 0.6) is 0 Å². The van der Waals surface area contributed by atoms with Crippen LogP contribution in [0, 0.1) is 0 Å². The minimum Gasteiger partial charge on any atom is -0.444 e. The molecule has 162 valence electrons. The summed E-state index contributed by atoms with van der Waals surface area (Å²) in [6, 6.07) is 6.78. The molecule has 8 heteroatoms. The van der Waals surface area contributed by atoms with Crippen LogP contribution in [0.4, 0.5) is 4.79 Å². The molecule has 1 aliphatic rings. The number of ether oxygens (including phenoxy) is 1. The van der Waals surface area contributed by atoms with Crippen LogP contribution in [0.15, 0.2) is 24.3 Å². The highest BCUT2D eigenvalue weighted by Gasteiger charge is 2.44. The summed E-state index contributed by atoms with van der Waals surface area (Å²) in [5.41, 5.74) is 0.280. The predicted octanol–water partition coefficient (Wildman–Crippen LogP) is 4.15. The molecule has 1 heterocycles. The highest BCUT2D eigenvalue weighted by Crippen LogP contribution is 2.42. The van der Waals surface area contributed by atoms with Gasteiger partial charge in [0.1, 0.15) is 17.0 Å². The molecular weight excluding hydrogens is 410 g/mol. The maximum absolute atomic E-state index is 13.0. The number of nitrogens with one attached hydrogen (secondary N) is 1. The Bertz CT molecular complexity index is 689. The van der Waals surface area contributed by atoms with Crippen molar-refractivity contribution in [2.45, 2.75) is 51.6 Å². The Labute approximate surface area is 183 Å². The average molecular weight is 442 g/mol. The van der Waals surface area contributed by atoms with E-state index in [1.54, 1.807) is 28.8 Å². The number of halogens is 1. The van der Waals surface area contributed by atoms with E-state index in [0.29, 0.717) is 17.3 Å². The molecular formula is C21H32ClN3O3S. The number of benzene rings is 1. The van der Waals surface area contributed by atoms with E-state index in [1.165, 1.54) is 0 Å². The zero-order chi connectivity index (χ0) is 21.6. The van der Waals surface area contributed by atoms with Gasteiger partial charge in [-0.25, -0.2) is 4.79 Å². The summed E-state index contributed by atoms with van der Waals surface area (Å²) in [4.78, 5) is 29.7. The number of hydrogen-bond acceptors (Lipinski definition) is 5. The van der Waals surface area contributed by atoms with Crippen LogP contribution < -0.4 is 5.32 Å². The first-order valence-electron chi connectivity index (χ1n) is 10.0. The van der Waals surface area contributed by atoms with Crippen molar-refractivity contribution in [2.75, 3.05) is 31.9 Å². The Balaban J connectivity index is 2.15. The van der Waals surface area contributed by atoms with E-state index in [2.05, 4.69) is 24.1 Å². The Kier molecular flexibility index (Phi) is 8.67. The molecule has 1 aromatic rings. The molecule has 0 bridgehead atoms. The van der Waals surface area contributed by atoms with Gasteiger partial charge in [0.05, 0.1) is 0 Å². The summed E-state index contributed by atoms with van der Waals surface area (Å²) < 4.78 is 5.61. The number of likely N-dealkylation sites (N-methyl/N-ethyl adjacent to an activating group) is 1. The second kappa shape index (κ2) is 10.5. The standard InChI is InChI=1S/C21H32ClN3O3S/c1-6-24(7-2)13-12-23-18(26)17-14-29-19(15-8-10-16(22)11-9-15)25(17)20(27)28-21(3,4)5/h8-11,17,19H,6-7,12-14H2,1-5H3,(H,23,26). The molecule has 2 amide bonds. The van der Waals surface area contributed by atoms with Crippen molar-refractivity contribution in [3.63, 3.8) is 0 Å². The second-order valence-corrected chi connectivity index (χ2v) is 9.51. The molecule has 2 rings (SSSR count). The van der Waals surface area contributed by atoms with E-state index in [1.807, 2.05) is 32.9 Å². The quantitative estimate of drug-likeness (QED) is 0.688. The Morgan fingerprint density at radius 1 is 1.24 bits per heavy atom. The van der Waals surface area contributed by atoms with Gasteiger partial charge in [-0.15, -0.1) is 11.8 Å². The fraction of sp³-hybridized carbons (Fsp3) is 0.619. The lowest BCUT2D eigenvalue weighted by Crippen LogP contribution is -2.50. The van der Waals surface area contributed by atoms with Gasteiger partial charge >= 0.3 is 6.09 Å². The van der Waals surface area contributed by atoms with Crippen LogP contribution in [0.3, 0.4) is 0 Å². The van der Waals surface area contributed by atoms with Crippen LogP contribution >= 0.6 is 23.4 Å². The van der Waals surface area contributed by atoms with Gasteiger partial charge in [0.15, 0.2) is 0 Å². The van der Waals surface area contributed by atoms with Gasteiger partial charge in [0.25, 0.3) is 0 Å². The van der Waals surface area contributed by atoms with Crippen molar-refractivity contribution in [2.24, 2.45) is 0 Å². The van der Waals surface area contributed by atoms with Gasteiger partial charge in [0, 0.05) is 23.9 Å². The van der Waals surface area contributed by atoms with E-state index in [4.69, 9.17) is 16.3 Å². The highest BCUT2D eigenvalue weighted by molar-refractivity contribution is 7.99. The molecule has 0 aliphatic carbocycles. The van der Waals surface area contributed by atoms with Crippen molar-refractivity contribution in [3.8, 4) is 0 Å². The minimum atomic E-state index is -0.640. The van der Waals surface area contributed by atoms with Crippen LogP contribution in [0.25, 0.3) is 0 Å². The molecule has 0 aromatic heterocycles. The molecule has 1 fully saturated rings. The third-order valence-electron chi connectivity index (χ3n) is 4.68. The summed E-state index contributed by atoms with van der Waals surface area (Å²) in [6.07, 6.45) is -0.480. The lowest BCUT2D eigenvalue weighted by molar-refractivity contribution is -0.125. The summed E-state index contributed by atoms with van der Waals surface area (Å²) in [5.74, 6) is 0.371. The summed E-state index contributed by atoms with van der Waals surface area (Å²) in [7, 11) is 0. The molecule has 2 unspecified atom stereocenters. The maximum Gasteiger partial charge on any atom is 0.412 e. The van der Waals surface area contributed by atoms with Gasteiger partial charge in [-0.2, -0.15) is 0 Å². The number of rotatable bonds is 7. The third kappa shape index (κ3) is 6.79. The summed E-state index contributed by atoms with van der Waals surface area (Å²) >= 11 is 7.57. The molecule has 2 atom stereocenters. The highest BCUT2D eigenvalue weighted by atomic mass is 35.5. The van der Waals surface area contributed by atoms with E-state index >= 15 is 0 Å². The van der Waals surface area contributed by atoms with Crippen molar-refractivity contribution in [1.82, 2.24) is 15.1 Å². The minimum absolute atomic E-state index is 0.146. The van der Waals surface area contributed by atoms with Crippen molar-refractivity contribution in [3.05, 3.63) is 34.9 Å². The smallest absolute Gasteiger partial charge is 0.412 e. The van der Waals surface area contributed by atoms with Crippen molar-refractivity contribution < 1.29 is 14.3 Å². The number of thioether (sulfide) groups is 1. The zero-order valence-electron chi connectivity index (χ0n) is 17.9. The number of nitrogens with zero attached hydrogens (tertiary/aromatic N) is 2. The molecule has 29 heavy (non-hydrogen) atoms. The first-order valence-corrected chi connectivity index (χ1v) is 11.5. The monoisotopic (exact) mass is 441 g/mol. The molecule has 1 aliphatic heterocycles.